The first-order valence-corrected chi connectivity index (χ1v) is 14.5. The van der Waals surface area contributed by atoms with Gasteiger partial charge >= 0.3 is 0 Å². The molecule has 0 atom stereocenters. The van der Waals surface area contributed by atoms with Crippen molar-refractivity contribution in [3.63, 3.8) is 0 Å². The normalized spacial score (nSPS) is 14.1. The molecule has 1 amide bonds. The molecule has 3 aromatic heterocycles. The van der Waals surface area contributed by atoms with Crippen LogP contribution in [0, 0.1) is 17.6 Å². The minimum absolute atomic E-state index is 0.0117. The van der Waals surface area contributed by atoms with Crippen molar-refractivity contribution in [2.24, 2.45) is 5.92 Å². The highest BCUT2D eigenvalue weighted by atomic mass is 19.1. The molecule has 0 spiro atoms. The largest absolute Gasteiger partial charge is 0.494 e. The number of fused-ring (bicyclic) bond motifs is 2. The van der Waals surface area contributed by atoms with E-state index in [0.717, 1.165) is 54.4 Å². The number of ether oxygens (including phenoxy) is 1. The number of halogens is 2. The van der Waals surface area contributed by atoms with Crippen molar-refractivity contribution < 1.29 is 18.3 Å². The lowest BCUT2D eigenvalue weighted by molar-refractivity contribution is -0.117. The van der Waals surface area contributed by atoms with E-state index in [-0.39, 0.29) is 29.7 Å². The highest BCUT2D eigenvalue weighted by Gasteiger charge is 2.30. The number of hydrogen-bond acceptors (Lipinski definition) is 7. The summed E-state index contributed by atoms with van der Waals surface area (Å²) in [6.07, 6.45) is 6.05. The molecule has 2 N–H and O–H groups in total. The van der Waals surface area contributed by atoms with Crippen LogP contribution in [-0.2, 0) is 24.2 Å². The number of rotatable bonds is 9. The van der Waals surface area contributed by atoms with Crippen molar-refractivity contribution in [1.82, 2.24) is 24.7 Å². The Balaban J connectivity index is 1.24. The summed E-state index contributed by atoms with van der Waals surface area (Å²) in [4.78, 5) is 26.3. The molecular weight excluding hydrogens is 552 g/mol. The number of anilines is 3. The molecule has 5 aromatic rings. The molecule has 7 rings (SSSR count). The third-order valence-corrected chi connectivity index (χ3v) is 7.76. The number of para-hydroxylation sites is 1. The third kappa shape index (κ3) is 5.38. The van der Waals surface area contributed by atoms with Gasteiger partial charge in [0.1, 0.15) is 34.7 Å². The van der Waals surface area contributed by atoms with E-state index in [4.69, 9.17) is 19.8 Å². The van der Waals surface area contributed by atoms with Crippen LogP contribution >= 0.6 is 0 Å². The predicted octanol–water partition coefficient (Wildman–Crippen LogP) is 6.19. The average Bonchev–Trinajstić information content (AvgIpc) is 3.63. The van der Waals surface area contributed by atoms with Gasteiger partial charge in [-0.15, -0.1) is 0 Å². The number of amides is 1. The summed E-state index contributed by atoms with van der Waals surface area (Å²) in [6.45, 7) is 1.95. The molecule has 0 bridgehead atoms. The minimum Gasteiger partial charge on any atom is -0.494 e. The molecule has 1 fully saturated rings. The fraction of sp³-hybridized carbons (Fsp3) is 0.281. The van der Waals surface area contributed by atoms with Gasteiger partial charge in [-0.1, -0.05) is 18.2 Å². The van der Waals surface area contributed by atoms with Gasteiger partial charge in [-0.05, 0) is 51.2 Å². The molecule has 1 saturated carbocycles. The summed E-state index contributed by atoms with van der Waals surface area (Å²) in [5, 5.41) is 11.8. The number of aromatic nitrogens is 5. The van der Waals surface area contributed by atoms with Crippen molar-refractivity contribution in [3.8, 4) is 17.3 Å². The van der Waals surface area contributed by atoms with Crippen LogP contribution in [0.1, 0.15) is 43.0 Å². The molecule has 2 aromatic carbocycles. The molecule has 0 radical (unpaired) electrons. The summed E-state index contributed by atoms with van der Waals surface area (Å²) in [5.74, 6) is 0.361. The quantitative estimate of drug-likeness (QED) is 0.214. The molecule has 2 aliphatic rings. The molecule has 0 saturated heterocycles. The second kappa shape index (κ2) is 11.0. The van der Waals surface area contributed by atoms with E-state index in [0.29, 0.717) is 35.3 Å². The number of nitrogens with zero attached hydrogens (tertiary/aromatic N) is 5. The van der Waals surface area contributed by atoms with E-state index in [1.54, 1.807) is 23.9 Å². The molecule has 0 unspecified atom stereocenters. The Labute approximate surface area is 246 Å². The molecule has 218 valence electrons. The van der Waals surface area contributed by atoms with Gasteiger partial charge in [-0.3, -0.25) is 9.48 Å². The Morgan fingerprint density at radius 2 is 1.88 bits per heavy atom. The minimum atomic E-state index is -0.699. The second-order valence-electron chi connectivity index (χ2n) is 10.8. The molecule has 11 heteroatoms. The number of nitrogens with one attached hydrogen (secondary N) is 2. The van der Waals surface area contributed by atoms with Crippen LogP contribution < -0.4 is 15.4 Å². The van der Waals surface area contributed by atoms with Crippen LogP contribution in [-0.4, -0.2) is 37.2 Å². The lowest BCUT2D eigenvalue weighted by Gasteiger charge is -2.13. The highest BCUT2D eigenvalue weighted by molar-refractivity contribution is 5.94. The van der Waals surface area contributed by atoms with Crippen molar-refractivity contribution in [3.05, 3.63) is 83.2 Å². The molecular formula is C32H29F2N7O2. The number of carbonyl (C=O) groups excluding carboxylic acids is 1. The summed E-state index contributed by atoms with van der Waals surface area (Å²) in [5.41, 5.74) is 3.82. The van der Waals surface area contributed by atoms with Gasteiger partial charge in [0.25, 0.3) is 0 Å². The van der Waals surface area contributed by atoms with E-state index in [9.17, 15) is 13.6 Å². The van der Waals surface area contributed by atoms with Gasteiger partial charge in [-0.2, -0.15) is 5.10 Å². The zero-order valence-corrected chi connectivity index (χ0v) is 23.5. The topological polar surface area (TPSA) is 107 Å². The maximum Gasteiger partial charge on any atom is 0.228 e. The third-order valence-electron chi connectivity index (χ3n) is 7.76. The number of pyridine rings is 1. The fourth-order valence-electron chi connectivity index (χ4n) is 5.47. The van der Waals surface area contributed by atoms with Crippen LogP contribution in [0.15, 0.2) is 54.7 Å². The molecule has 3 heterocycles. The van der Waals surface area contributed by atoms with Crippen LogP contribution in [0.25, 0.3) is 22.4 Å². The first-order chi connectivity index (χ1) is 21.0. The SMILES string of the molecule is CCOc1cc(F)c(Cn2nc(-c3nc4c(c(Nc5ccnc(NC(=O)C6CC6)c5)n3)CCC4)c3ccccc32)c(F)c1. The van der Waals surface area contributed by atoms with Gasteiger partial charge in [0.05, 0.1) is 18.7 Å². The summed E-state index contributed by atoms with van der Waals surface area (Å²) in [6, 6.07) is 13.5. The van der Waals surface area contributed by atoms with Crippen molar-refractivity contribution >= 4 is 34.1 Å². The van der Waals surface area contributed by atoms with Crippen LogP contribution in [0.5, 0.6) is 5.75 Å². The average molecular weight is 582 g/mol. The first-order valence-electron chi connectivity index (χ1n) is 14.5. The van der Waals surface area contributed by atoms with Crippen LogP contribution in [0.4, 0.5) is 26.1 Å². The molecule has 9 nitrogen and oxygen atoms in total. The number of carbonyl (C=O) groups is 1. The molecule has 2 aliphatic carbocycles. The van der Waals surface area contributed by atoms with Gasteiger partial charge in [0.2, 0.25) is 5.91 Å². The summed E-state index contributed by atoms with van der Waals surface area (Å²) in [7, 11) is 0. The zero-order valence-electron chi connectivity index (χ0n) is 23.5. The number of benzene rings is 2. The van der Waals surface area contributed by atoms with Gasteiger partial charge in [0, 0.05) is 58.2 Å². The lowest BCUT2D eigenvalue weighted by Crippen LogP contribution is -2.14. The summed E-state index contributed by atoms with van der Waals surface area (Å²) >= 11 is 0. The monoisotopic (exact) mass is 581 g/mol. The van der Waals surface area contributed by atoms with Gasteiger partial charge in [0.15, 0.2) is 5.82 Å². The zero-order chi connectivity index (χ0) is 29.5. The highest BCUT2D eigenvalue weighted by Crippen LogP contribution is 2.34. The van der Waals surface area contributed by atoms with Gasteiger partial charge < -0.3 is 15.4 Å². The van der Waals surface area contributed by atoms with E-state index < -0.39 is 11.6 Å². The summed E-state index contributed by atoms with van der Waals surface area (Å²) < 4.78 is 36.8. The van der Waals surface area contributed by atoms with Crippen molar-refractivity contribution in [2.75, 3.05) is 17.2 Å². The second-order valence-corrected chi connectivity index (χ2v) is 10.8. The smallest absolute Gasteiger partial charge is 0.228 e. The Kier molecular flexibility index (Phi) is 6.92. The fourth-order valence-corrected chi connectivity index (χ4v) is 5.47. The van der Waals surface area contributed by atoms with E-state index in [1.807, 2.05) is 30.3 Å². The first kappa shape index (κ1) is 26.9. The van der Waals surface area contributed by atoms with Crippen molar-refractivity contribution in [2.45, 2.75) is 45.6 Å². The number of aryl methyl sites for hydroxylation is 1. The lowest BCUT2D eigenvalue weighted by atomic mass is 10.1. The van der Waals surface area contributed by atoms with Gasteiger partial charge in [-0.25, -0.2) is 23.7 Å². The standard InChI is InChI=1S/C32H29F2N7O2/c1-2-43-20-15-24(33)23(25(34)16-20)17-41-27-9-4-3-6-22(27)29(40-41)31-37-26-8-5-7-21(26)30(39-31)36-19-12-13-35-28(14-19)38-32(42)18-10-11-18/h3-4,6,9,12-16,18H,2,5,7-8,10-11,17H2,1H3,(H2,35,36,37,38,39,42). The maximum atomic E-state index is 15.0. The Hall–Kier alpha value is -4.93. The molecule has 43 heavy (non-hydrogen) atoms. The van der Waals surface area contributed by atoms with E-state index in [1.165, 1.54) is 12.1 Å². The number of hydrogen-bond donors (Lipinski definition) is 2. The van der Waals surface area contributed by atoms with E-state index >= 15 is 0 Å². The Morgan fingerprint density at radius 1 is 1.07 bits per heavy atom. The Morgan fingerprint density at radius 3 is 2.67 bits per heavy atom. The van der Waals surface area contributed by atoms with Crippen molar-refractivity contribution in [1.29, 1.82) is 0 Å². The van der Waals surface area contributed by atoms with Crippen LogP contribution in [0.3, 0.4) is 0 Å². The predicted molar refractivity (Wildman–Crippen MR) is 158 cm³/mol. The Bertz CT molecular complexity index is 1850. The van der Waals surface area contributed by atoms with Crippen LogP contribution in [0.2, 0.25) is 0 Å². The maximum absolute atomic E-state index is 15.0. The van der Waals surface area contributed by atoms with E-state index in [2.05, 4.69) is 15.6 Å². The molecule has 0 aliphatic heterocycles.